The summed E-state index contributed by atoms with van der Waals surface area (Å²) in [7, 11) is 3.00. The summed E-state index contributed by atoms with van der Waals surface area (Å²) >= 11 is 0. The molecule has 0 aliphatic heterocycles. The lowest BCUT2D eigenvalue weighted by molar-refractivity contribution is 0.0683. The van der Waals surface area contributed by atoms with Crippen molar-refractivity contribution in [1.29, 1.82) is 0 Å². The predicted molar refractivity (Wildman–Crippen MR) is 65.3 cm³/mol. The average Bonchev–Trinajstić information content (AvgIpc) is 2.35. The number of carboxylic acids is 1. The molecule has 0 aliphatic rings. The van der Waals surface area contributed by atoms with Crippen LogP contribution in [-0.4, -0.2) is 36.5 Å². The van der Waals surface area contributed by atoms with Crippen LogP contribution in [0.4, 0.5) is 0 Å². The zero-order chi connectivity index (χ0) is 13.5. The van der Waals surface area contributed by atoms with Crippen LogP contribution in [0.2, 0.25) is 0 Å². The second kappa shape index (κ2) is 6.80. The number of methoxy groups -OCH3 is 2. The molecule has 1 N–H and O–H groups in total. The van der Waals surface area contributed by atoms with Crippen LogP contribution in [0.3, 0.4) is 0 Å². The molecular formula is C12H17NO5. The Kier molecular flexibility index (Phi) is 5.38. The number of rotatable bonds is 7. The molecule has 0 spiro atoms. The molecule has 0 atom stereocenters. The predicted octanol–water partition coefficient (Wildman–Crippen LogP) is 0.982. The summed E-state index contributed by atoms with van der Waals surface area (Å²) in [6.07, 6.45) is 3.02. The molecule has 18 heavy (non-hydrogen) atoms. The number of hydrogen-bond acceptors (Lipinski definition) is 4. The highest BCUT2D eigenvalue weighted by Gasteiger charge is 2.12. The van der Waals surface area contributed by atoms with Gasteiger partial charge in [-0.05, 0) is 12.8 Å². The molecule has 0 aromatic carbocycles. The molecule has 0 saturated heterocycles. The van der Waals surface area contributed by atoms with Crippen LogP contribution in [0.1, 0.15) is 23.3 Å². The van der Waals surface area contributed by atoms with Gasteiger partial charge in [-0.3, -0.25) is 4.79 Å². The van der Waals surface area contributed by atoms with Crippen LogP contribution in [0.5, 0.6) is 5.75 Å². The minimum atomic E-state index is -1.12. The number of ether oxygens (including phenoxy) is 2. The second-order valence-electron chi connectivity index (χ2n) is 3.79. The first-order valence-electron chi connectivity index (χ1n) is 5.61. The molecule has 1 heterocycles. The van der Waals surface area contributed by atoms with E-state index in [1.165, 1.54) is 17.9 Å². The third-order valence-corrected chi connectivity index (χ3v) is 2.53. The third-order valence-electron chi connectivity index (χ3n) is 2.53. The standard InChI is InChI=1S/C12H17NO5/c1-17-6-4-3-5-13-8-11(18-2)10(14)7-9(13)12(15)16/h7-8H,3-6H2,1-2H3,(H,15,16). The van der Waals surface area contributed by atoms with Crippen molar-refractivity contribution in [1.82, 2.24) is 4.57 Å². The Morgan fingerprint density at radius 1 is 1.39 bits per heavy atom. The Hall–Kier alpha value is -1.82. The van der Waals surface area contributed by atoms with E-state index >= 15 is 0 Å². The Morgan fingerprint density at radius 2 is 2.11 bits per heavy atom. The molecule has 1 rings (SSSR count). The lowest BCUT2D eigenvalue weighted by Crippen LogP contribution is -2.18. The molecule has 0 unspecified atom stereocenters. The number of hydrogen-bond donors (Lipinski definition) is 1. The van der Waals surface area contributed by atoms with Crippen LogP contribution in [0, 0.1) is 0 Å². The first kappa shape index (κ1) is 14.2. The number of unbranched alkanes of at least 4 members (excludes halogenated alkanes) is 1. The number of pyridine rings is 1. The molecule has 1 aromatic rings. The first-order valence-corrected chi connectivity index (χ1v) is 5.61. The van der Waals surface area contributed by atoms with Crippen molar-refractivity contribution in [2.45, 2.75) is 19.4 Å². The molecule has 100 valence electrons. The fourth-order valence-corrected chi connectivity index (χ4v) is 1.60. The maximum Gasteiger partial charge on any atom is 0.352 e. The number of aromatic carboxylic acids is 1. The summed E-state index contributed by atoms with van der Waals surface area (Å²) in [5.74, 6) is -0.978. The van der Waals surface area contributed by atoms with Gasteiger partial charge < -0.3 is 19.1 Å². The van der Waals surface area contributed by atoms with Crippen LogP contribution in [-0.2, 0) is 11.3 Å². The molecule has 0 fully saturated rings. The van der Waals surface area contributed by atoms with Crippen LogP contribution in [0.15, 0.2) is 17.1 Å². The first-order chi connectivity index (χ1) is 8.60. The van der Waals surface area contributed by atoms with E-state index in [1.54, 1.807) is 7.11 Å². The van der Waals surface area contributed by atoms with E-state index < -0.39 is 11.4 Å². The highest BCUT2D eigenvalue weighted by atomic mass is 16.5. The zero-order valence-electron chi connectivity index (χ0n) is 10.5. The lowest BCUT2D eigenvalue weighted by Gasteiger charge is -2.11. The van der Waals surface area contributed by atoms with Crippen LogP contribution < -0.4 is 10.2 Å². The normalized spacial score (nSPS) is 10.3. The number of aromatic nitrogens is 1. The third kappa shape index (κ3) is 3.59. The molecule has 1 aromatic heterocycles. The summed E-state index contributed by atoms with van der Waals surface area (Å²) in [6.45, 7) is 1.13. The molecule has 0 radical (unpaired) electrons. The van der Waals surface area contributed by atoms with Crippen molar-refractivity contribution in [3.63, 3.8) is 0 Å². The quantitative estimate of drug-likeness (QED) is 0.735. The summed E-state index contributed by atoms with van der Waals surface area (Å²) < 4.78 is 11.3. The highest BCUT2D eigenvalue weighted by Crippen LogP contribution is 2.08. The molecule has 0 bridgehead atoms. The number of carboxylic acid groups (broad SMARTS) is 1. The van der Waals surface area contributed by atoms with Gasteiger partial charge in [-0.25, -0.2) is 4.79 Å². The highest BCUT2D eigenvalue weighted by molar-refractivity contribution is 5.85. The molecule has 6 heteroatoms. The van der Waals surface area contributed by atoms with E-state index in [2.05, 4.69) is 0 Å². The van der Waals surface area contributed by atoms with E-state index in [0.29, 0.717) is 13.2 Å². The summed E-state index contributed by atoms with van der Waals surface area (Å²) in [5, 5.41) is 9.03. The molecule has 0 saturated carbocycles. The number of nitrogens with zero attached hydrogens (tertiary/aromatic N) is 1. The van der Waals surface area contributed by atoms with Crippen molar-refractivity contribution in [2.75, 3.05) is 20.8 Å². The molecule has 0 aliphatic carbocycles. The maximum absolute atomic E-state index is 11.5. The van der Waals surface area contributed by atoms with Gasteiger partial charge >= 0.3 is 5.97 Å². The van der Waals surface area contributed by atoms with Gasteiger partial charge in [0.2, 0.25) is 5.43 Å². The van der Waals surface area contributed by atoms with E-state index in [9.17, 15) is 9.59 Å². The fourth-order valence-electron chi connectivity index (χ4n) is 1.60. The van der Waals surface area contributed by atoms with E-state index in [1.807, 2.05) is 0 Å². The lowest BCUT2D eigenvalue weighted by atomic mass is 10.2. The Bertz CT molecular complexity index is 466. The van der Waals surface area contributed by atoms with Crippen LogP contribution in [0.25, 0.3) is 0 Å². The molecule has 0 amide bonds. The summed E-state index contributed by atoms with van der Waals surface area (Å²) in [4.78, 5) is 22.5. The van der Waals surface area contributed by atoms with Gasteiger partial charge in [0, 0.05) is 26.3 Å². The minimum Gasteiger partial charge on any atom is -0.491 e. The van der Waals surface area contributed by atoms with Crippen molar-refractivity contribution >= 4 is 5.97 Å². The largest absolute Gasteiger partial charge is 0.491 e. The van der Waals surface area contributed by atoms with Crippen LogP contribution >= 0.6 is 0 Å². The summed E-state index contributed by atoms with van der Waals surface area (Å²) in [5.41, 5.74) is -0.457. The average molecular weight is 255 g/mol. The van der Waals surface area contributed by atoms with E-state index in [0.717, 1.165) is 18.9 Å². The molecular weight excluding hydrogens is 238 g/mol. The van der Waals surface area contributed by atoms with E-state index in [4.69, 9.17) is 14.6 Å². The zero-order valence-corrected chi connectivity index (χ0v) is 10.5. The van der Waals surface area contributed by atoms with Crippen molar-refractivity contribution in [2.24, 2.45) is 0 Å². The topological polar surface area (TPSA) is 77.8 Å². The van der Waals surface area contributed by atoms with Gasteiger partial charge in [0.15, 0.2) is 5.75 Å². The Balaban J connectivity index is 2.92. The smallest absolute Gasteiger partial charge is 0.352 e. The monoisotopic (exact) mass is 255 g/mol. The van der Waals surface area contributed by atoms with Gasteiger partial charge in [0.1, 0.15) is 5.69 Å². The van der Waals surface area contributed by atoms with Gasteiger partial charge in [0.05, 0.1) is 13.3 Å². The van der Waals surface area contributed by atoms with Gasteiger partial charge in [0.25, 0.3) is 0 Å². The van der Waals surface area contributed by atoms with Crippen molar-refractivity contribution in [3.8, 4) is 5.75 Å². The van der Waals surface area contributed by atoms with Crippen molar-refractivity contribution < 1.29 is 19.4 Å². The SMILES string of the molecule is COCCCCn1cc(OC)c(=O)cc1C(=O)O. The second-order valence-corrected chi connectivity index (χ2v) is 3.79. The van der Waals surface area contributed by atoms with Crippen molar-refractivity contribution in [3.05, 3.63) is 28.2 Å². The van der Waals surface area contributed by atoms with Gasteiger partial charge in [-0.15, -0.1) is 0 Å². The van der Waals surface area contributed by atoms with Gasteiger partial charge in [-0.1, -0.05) is 0 Å². The number of aryl methyl sites for hydroxylation is 1. The molecule has 6 nitrogen and oxygen atoms in total. The Labute approximate surface area is 105 Å². The summed E-state index contributed by atoms with van der Waals surface area (Å²) in [6, 6.07) is 1.08. The Morgan fingerprint density at radius 3 is 2.67 bits per heavy atom. The minimum absolute atomic E-state index is 0.0294. The number of carbonyl (C=O) groups is 1. The maximum atomic E-state index is 11.5. The van der Waals surface area contributed by atoms with Gasteiger partial charge in [-0.2, -0.15) is 0 Å². The van der Waals surface area contributed by atoms with E-state index in [-0.39, 0.29) is 11.4 Å². The fraction of sp³-hybridized carbons (Fsp3) is 0.500.